The van der Waals surface area contributed by atoms with Gasteiger partial charge in [-0.3, -0.25) is 4.79 Å². The second kappa shape index (κ2) is 6.01. The van der Waals surface area contributed by atoms with Crippen molar-refractivity contribution in [2.45, 2.75) is 6.92 Å². The van der Waals surface area contributed by atoms with Crippen molar-refractivity contribution in [1.82, 2.24) is 0 Å². The Morgan fingerprint density at radius 3 is 2.67 bits per heavy atom. The predicted octanol–water partition coefficient (Wildman–Crippen LogP) is 3.63. The van der Waals surface area contributed by atoms with Gasteiger partial charge in [0.1, 0.15) is 11.6 Å². The first-order valence-electron chi connectivity index (χ1n) is 6.13. The van der Waals surface area contributed by atoms with Gasteiger partial charge in [-0.25, -0.2) is 4.39 Å². The molecule has 4 nitrogen and oxygen atoms in total. The SMILES string of the molecule is COc1ccc(C(=O)Nc2cc(Cl)c(N)cc2C)c(F)c1. The highest BCUT2D eigenvalue weighted by Gasteiger charge is 2.14. The minimum atomic E-state index is -0.661. The lowest BCUT2D eigenvalue weighted by molar-refractivity contribution is 0.102. The van der Waals surface area contributed by atoms with Crippen LogP contribution in [0.25, 0.3) is 0 Å². The van der Waals surface area contributed by atoms with Crippen LogP contribution in [0, 0.1) is 12.7 Å². The van der Waals surface area contributed by atoms with E-state index in [1.54, 1.807) is 13.0 Å². The third kappa shape index (κ3) is 3.25. The van der Waals surface area contributed by atoms with Crippen LogP contribution in [0.4, 0.5) is 15.8 Å². The fraction of sp³-hybridized carbons (Fsp3) is 0.133. The molecule has 0 bridgehead atoms. The number of carbonyl (C=O) groups is 1. The van der Waals surface area contributed by atoms with E-state index in [0.29, 0.717) is 22.1 Å². The molecule has 0 saturated carbocycles. The van der Waals surface area contributed by atoms with Crippen molar-refractivity contribution in [3.63, 3.8) is 0 Å². The van der Waals surface area contributed by atoms with Crippen molar-refractivity contribution in [2.75, 3.05) is 18.2 Å². The van der Waals surface area contributed by atoms with Gasteiger partial charge in [0.05, 0.1) is 23.4 Å². The maximum Gasteiger partial charge on any atom is 0.258 e. The topological polar surface area (TPSA) is 64.3 Å². The molecule has 2 rings (SSSR count). The molecule has 0 aliphatic heterocycles. The number of hydrogen-bond acceptors (Lipinski definition) is 3. The normalized spacial score (nSPS) is 10.3. The van der Waals surface area contributed by atoms with Crippen molar-refractivity contribution in [1.29, 1.82) is 0 Å². The number of nitrogens with two attached hydrogens (primary N) is 1. The van der Waals surface area contributed by atoms with E-state index in [4.69, 9.17) is 22.1 Å². The number of benzene rings is 2. The molecular weight excluding hydrogens is 295 g/mol. The number of carbonyl (C=O) groups excluding carboxylic acids is 1. The minimum Gasteiger partial charge on any atom is -0.497 e. The zero-order valence-corrected chi connectivity index (χ0v) is 12.3. The zero-order valence-electron chi connectivity index (χ0n) is 11.5. The lowest BCUT2D eigenvalue weighted by Crippen LogP contribution is -2.14. The molecule has 3 N–H and O–H groups in total. The number of halogens is 2. The van der Waals surface area contributed by atoms with Gasteiger partial charge in [-0.05, 0) is 36.8 Å². The van der Waals surface area contributed by atoms with Gasteiger partial charge in [-0.1, -0.05) is 11.6 Å². The lowest BCUT2D eigenvalue weighted by Gasteiger charge is -2.11. The number of anilines is 2. The first-order valence-corrected chi connectivity index (χ1v) is 6.50. The Labute approximate surface area is 126 Å². The van der Waals surface area contributed by atoms with Crippen LogP contribution in [0.3, 0.4) is 0 Å². The van der Waals surface area contributed by atoms with Crippen LogP contribution in [-0.2, 0) is 0 Å². The highest BCUT2D eigenvalue weighted by atomic mass is 35.5. The lowest BCUT2D eigenvalue weighted by atomic mass is 10.1. The molecule has 0 saturated heterocycles. The number of nitrogens with one attached hydrogen (secondary N) is 1. The molecule has 0 spiro atoms. The average Bonchev–Trinajstić information content (AvgIpc) is 2.44. The van der Waals surface area contributed by atoms with Gasteiger partial charge in [0.15, 0.2) is 0 Å². The van der Waals surface area contributed by atoms with Gasteiger partial charge in [0, 0.05) is 11.8 Å². The van der Waals surface area contributed by atoms with Gasteiger partial charge >= 0.3 is 0 Å². The van der Waals surface area contributed by atoms with Crippen LogP contribution >= 0.6 is 11.6 Å². The summed E-state index contributed by atoms with van der Waals surface area (Å²) in [6, 6.07) is 7.20. The monoisotopic (exact) mass is 308 g/mol. The number of rotatable bonds is 3. The van der Waals surface area contributed by atoms with E-state index in [-0.39, 0.29) is 5.56 Å². The molecule has 0 aromatic heterocycles. The number of ether oxygens (including phenoxy) is 1. The van der Waals surface area contributed by atoms with Crippen LogP contribution < -0.4 is 15.8 Å². The fourth-order valence-corrected chi connectivity index (χ4v) is 2.00. The summed E-state index contributed by atoms with van der Waals surface area (Å²) < 4.78 is 18.7. The van der Waals surface area contributed by atoms with E-state index in [2.05, 4.69) is 5.32 Å². The van der Waals surface area contributed by atoms with Crippen LogP contribution in [-0.4, -0.2) is 13.0 Å². The van der Waals surface area contributed by atoms with Crippen LogP contribution in [0.15, 0.2) is 30.3 Å². The molecule has 2 aromatic carbocycles. The summed E-state index contributed by atoms with van der Waals surface area (Å²) >= 11 is 5.92. The summed E-state index contributed by atoms with van der Waals surface area (Å²) in [6.45, 7) is 1.77. The molecule has 0 unspecified atom stereocenters. The van der Waals surface area contributed by atoms with Gasteiger partial charge in [-0.15, -0.1) is 0 Å². The van der Waals surface area contributed by atoms with Gasteiger partial charge in [0.25, 0.3) is 5.91 Å². The number of aryl methyl sites for hydroxylation is 1. The largest absolute Gasteiger partial charge is 0.497 e. The summed E-state index contributed by atoms with van der Waals surface area (Å²) in [6.07, 6.45) is 0. The third-order valence-corrected chi connectivity index (χ3v) is 3.34. The van der Waals surface area contributed by atoms with Crippen LogP contribution in [0.5, 0.6) is 5.75 Å². The average molecular weight is 309 g/mol. The Balaban J connectivity index is 2.28. The highest BCUT2D eigenvalue weighted by Crippen LogP contribution is 2.27. The van der Waals surface area contributed by atoms with Crippen molar-refractivity contribution in [3.8, 4) is 5.75 Å². The summed E-state index contributed by atoms with van der Waals surface area (Å²) in [5, 5.41) is 2.94. The summed E-state index contributed by atoms with van der Waals surface area (Å²) in [5.74, 6) is -0.888. The third-order valence-electron chi connectivity index (χ3n) is 3.01. The maximum atomic E-state index is 13.8. The second-order valence-corrected chi connectivity index (χ2v) is 4.90. The molecular formula is C15H14ClFN2O2. The van der Waals surface area contributed by atoms with E-state index in [1.807, 2.05) is 0 Å². The summed E-state index contributed by atoms with van der Waals surface area (Å²) in [7, 11) is 1.42. The standard InChI is InChI=1S/C15H14ClFN2O2/c1-8-5-13(18)11(16)7-14(8)19-15(20)10-4-3-9(21-2)6-12(10)17/h3-7H,18H2,1-2H3,(H,19,20). The van der Waals surface area contributed by atoms with E-state index in [0.717, 1.165) is 11.6 Å². The molecule has 1 amide bonds. The first kappa shape index (κ1) is 15.1. The Hall–Kier alpha value is -2.27. The maximum absolute atomic E-state index is 13.8. The van der Waals surface area contributed by atoms with E-state index in [1.165, 1.54) is 25.3 Å². The molecule has 0 aliphatic carbocycles. The highest BCUT2D eigenvalue weighted by molar-refractivity contribution is 6.33. The first-order chi connectivity index (χ1) is 9.92. The van der Waals surface area contributed by atoms with Crippen molar-refractivity contribution >= 4 is 28.9 Å². The van der Waals surface area contributed by atoms with Crippen molar-refractivity contribution in [3.05, 3.63) is 52.3 Å². The Morgan fingerprint density at radius 2 is 2.05 bits per heavy atom. The van der Waals surface area contributed by atoms with E-state index in [9.17, 15) is 9.18 Å². The summed E-state index contributed by atoms with van der Waals surface area (Å²) in [5.41, 5.74) is 7.22. The molecule has 2 aromatic rings. The van der Waals surface area contributed by atoms with E-state index >= 15 is 0 Å². The fourth-order valence-electron chi connectivity index (χ4n) is 1.84. The molecule has 110 valence electrons. The smallest absolute Gasteiger partial charge is 0.258 e. The number of nitrogen functional groups attached to an aromatic ring is 1. The molecule has 0 aliphatic rings. The molecule has 6 heteroatoms. The van der Waals surface area contributed by atoms with Crippen molar-refractivity contribution < 1.29 is 13.9 Å². The molecule has 0 heterocycles. The number of amides is 1. The van der Waals surface area contributed by atoms with Crippen LogP contribution in [0.1, 0.15) is 15.9 Å². The Bertz CT molecular complexity index is 704. The molecule has 0 fully saturated rings. The van der Waals surface area contributed by atoms with Gasteiger partial charge in [-0.2, -0.15) is 0 Å². The minimum absolute atomic E-state index is 0.0804. The predicted molar refractivity (Wildman–Crippen MR) is 81.5 cm³/mol. The van der Waals surface area contributed by atoms with Crippen molar-refractivity contribution in [2.24, 2.45) is 0 Å². The van der Waals surface area contributed by atoms with E-state index < -0.39 is 11.7 Å². The van der Waals surface area contributed by atoms with Gasteiger partial charge in [0.2, 0.25) is 0 Å². The molecule has 21 heavy (non-hydrogen) atoms. The van der Waals surface area contributed by atoms with Crippen LogP contribution in [0.2, 0.25) is 5.02 Å². The quantitative estimate of drug-likeness (QED) is 0.851. The van der Waals surface area contributed by atoms with Gasteiger partial charge < -0.3 is 15.8 Å². The number of methoxy groups -OCH3 is 1. The molecule has 0 atom stereocenters. The number of hydrogen-bond donors (Lipinski definition) is 2. The zero-order chi connectivity index (χ0) is 15.6. The second-order valence-electron chi connectivity index (χ2n) is 4.49. The Morgan fingerprint density at radius 1 is 1.33 bits per heavy atom. The Kier molecular flexibility index (Phi) is 4.33. The molecule has 0 radical (unpaired) electrons. The summed E-state index contributed by atoms with van der Waals surface area (Å²) in [4.78, 5) is 12.1.